The van der Waals surface area contributed by atoms with Gasteiger partial charge in [0.25, 0.3) is 0 Å². The van der Waals surface area contributed by atoms with Crippen LogP contribution in [0, 0.1) is 11.8 Å². The molecule has 0 aliphatic carbocycles. The van der Waals surface area contributed by atoms with E-state index in [2.05, 4.69) is 65.8 Å². The zero-order valence-corrected chi connectivity index (χ0v) is 15.5. The molecule has 0 radical (unpaired) electrons. The number of benzene rings is 2. The smallest absolute Gasteiger partial charge is 0.307 e. The Morgan fingerprint density at radius 2 is 1.88 bits per heavy atom. The van der Waals surface area contributed by atoms with Gasteiger partial charge in [0.05, 0.1) is 5.92 Å². The summed E-state index contributed by atoms with van der Waals surface area (Å²) in [6.07, 6.45) is 0.787. The van der Waals surface area contributed by atoms with Gasteiger partial charge in [0, 0.05) is 48.0 Å². The average molecular weight is 350 g/mol. The third kappa shape index (κ3) is 2.99. The molecule has 3 aromatic rings. The molecule has 2 atom stereocenters. The highest BCUT2D eigenvalue weighted by Crippen LogP contribution is 2.30. The van der Waals surface area contributed by atoms with Crippen LogP contribution < -0.4 is 0 Å². The summed E-state index contributed by atoms with van der Waals surface area (Å²) in [5.74, 6) is -0.483. The number of likely N-dealkylation sites (tertiary alicyclic amines) is 1. The second-order valence-electron chi connectivity index (χ2n) is 7.68. The summed E-state index contributed by atoms with van der Waals surface area (Å²) in [6, 6.07) is 15.3. The van der Waals surface area contributed by atoms with Crippen LogP contribution in [-0.4, -0.2) is 33.6 Å². The number of carbonyl (C=O) groups is 1. The van der Waals surface area contributed by atoms with Crippen molar-refractivity contribution in [3.63, 3.8) is 0 Å². The summed E-state index contributed by atoms with van der Waals surface area (Å²) in [7, 11) is 0. The summed E-state index contributed by atoms with van der Waals surface area (Å²) < 4.78 is 2.36. The normalized spacial score (nSPS) is 21.5. The molecule has 2 aromatic carbocycles. The number of para-hydroxylation sites is 1. The number of carboxylic acid groups (broad SMARTS) is 1. The van der Waals surface area contributed by atoms with E-state index in [1.165, 1.54) is 27.4 Å². The molecular weight excluding hydrogens is 324 g/mol. The minimum Gasteiger partial charge on any atom is -0.481 e. The van der Waals surface area contributed by atoms with Crippen LogP contribution in [0.3, 0.4) is 0 Å². The molecule has 2 heterocycles. The number of nitrogens with zero attached hydrogens (tertiary/aromatic N) is 2. The SMILES string of the molecule is CCn1c2ccccc2c2cc(CN3CC(C)CC(C(=O)O)C3)ccc21. The van der Waals surface area contributed by atoms with Crippen LogP contribution >= 0.6 is 0 Å². The molecule has 1 saturated heterocycles. The number of aryl methyl sites for hydroxylation is 1. The van der Waals surface area contributed by atoms with Crippen molar-refractivity contribution in [1.82, 2.24) is 9.47 Å². The van der Waals surface area contributed by atoms with Gasteiger partial charge in [-0.2, -0.15) is 0 Å². The van der Waals surface area contributed by atoms with Crippen LogP contribution in [0.25, 0.3) is 21.8 Å². The maximum Gasteiger partial charge on any atom is 0.307 e. The van der Waals surface area contributed by atoms with Crippen LogP contribution in [0.1, 0.15) is 25.8 Å². The minimum atomic E-state index is -0.664. The highest BCUT2D eigenvalue weighted by atomic mass is 16.4. The third-order valence-corrected chi connectivity index (χ3v) is 5.64. The number of piperidine rings is 1. The van der Waals surface area contributed by atoms with E-state index >= 15 is 0 Å². The molecule has 0 amide bonds. The zero-order valence-electron chi connectivity index (χ0n) is 15.5. The lowest BCUT2D eigenvalue weighted by atomic mass is 9.90. The maximum atomic E-state index is 11.4. The monoisotopic (exact) mass is 350 g/mol. The Kier molecular flexibility index (Phi) is 4.45. The molecule has 4 nitrogen and oxygen atoms in total. The van der Waals surface area contributed by atoms with Crippen LogP contribution in [0.2, 0.25) is 0 Å². The van der Waals surface area contributed by atoms with Gasteiger partial charge in [-0.05, 0) is 43.0 Å². The molecule has 1 aliphatic heterocycles. The number of carboxylic acids is 1. The summed E-state index contributed by atoms with van der Waals surface area (Å²) in [5, 5.41) is 12.0. The van der Waals surface area contributed by atoms with Crippen molar-refractivity contribution in [1.29, 1.82) is 0 Å². The maximum absolute atomic E-state index is 11.4. The highest BCUT2D eigenvalue weighted by molar-refractivity contribution is 6.08. The second-order valence-corrected chi connectivity index (χ2v) is 7.68. The van der Waals surface area contributed by atoms with Gasteiger partial charge in [-0.25, -0.2) is 0 Å². The Labute approximate surface area is 154 Å². The summed E-state index contributed by atoms with van der Waals surface area (Å²) in [6.45, 7) is 7.72. The van der Waals surface area contributed by atoms with Gasteiger partial charge in [-0.3, -0.25) is 9.69 Å². The van der Waals surface area contributed by atoms with E-state index in [0.717, 1.165) is 26.1 Å². The molecule has 1 aromatic heterocycles. The van der Waals surface area contributed by atoms with Crippen molar-refractivity contribution in [2.75, 3.05) is 13.1 Å². The van der Waals surface area contributed by atoms with Gasteiger partial charge < -0.3 is 9.67 Å². The molecular formula is C22H26N2O2. The number of hydrogen-bond acceptors (Lipinski definition) is 2. The van der Waals surface area contributed by atoms with E-state index in [1.54, 1.807) is 0 Å². The van der Waals surface area contributed by atoms with E-state index < -0.39 is 5.97 Å². The molecule has 1 N–H and O–H groups in total. The molecule has 4 rings (SSSR count). The lowest BCUT2D eigenvalue weighted by Crippen LogP contribution is -2.41. The Morgan fingerprint density at radius 3 is 2.65 bits per heavy atom. The first kappa shape index (κ1) is 17.1. The standard InChI is InChI=1S/C22H26N2O2/c1-3-24-20-7-5-4-6-18(20)19-11-16(8-9-21(19)24)13-23-12-15(2)10-17(14-23)22(25)26/h4-9,11,15,17H,3,10,12-14H2,1-2H3,(H,25,26). The van der Waals surface area contributed by atoms with Gasteiger partial charge in [-0.15, -0.1) is 0 Å². The Morgan fingerprint density at radius 1 is 1.12 bits per heavy atom. The molecule has 26 heavy (non-hydrogen) atoms. The van der Waals surface area contributed by atoms with Gasteiger partial charge in [-0.1, -0.05) is 31.2 Å². The van der Waals surface area contributed by atoms with Crippen LogP contribution in [0.5, 0.6) is 0 Å². The quantitative estimate of drug-likeness (QED) is 0.760. The third-order valence-electron chi connectivity index (χ3n) is 5.64. The average Bonchev–Trinajstić information content (AvgIpc) is 2.94. The lowest BCUT2D eigenvalue weighted by Gasteiger charge is -2.34. The number of aromatic nitrogens is 1. The van der Waals surface area contributed by atoms with E-state index in [0.29, 0.717) is 12.5 Å². The van der Waals surface area contributed by atoms with Crippen molar-refractivity contribution in [3.05, 3.63) is 48.0 Å². The number of hydrogen-bond donors (Lipinski definition) is 1. The fourth-order valence-electron chi connectivity index (χ4n) is 4.57. The lowest BCUT2D eigenvalue weighted by molar-refractivity contribution is -0.144. The molecule has 1 aliphatic rings. The van der Waals surface area contributed by atoms with Crippen LogP contribution in [0.4, 0.5) is 0 Å². The molecule has 4 heteroatoms. The van der Waals surface area contributed by atoms with E-state index in [-0.39, 0.29) is 5.92 Å². The van der Waals surface area contributed by atoms with E-state index in [9.17, 15) is 9.90 Å². The van der Waals surface area contributed by atoms with Crippen molar-refractivity contribution in [2.24, 2.45) is 11.8 Å². The Bertz CT molecular complexity index is 959. The van der Waals surface area contributed by atoms with Gasteiger partial charge in [0.1, 0.15) is 0 Å². The Balaban J connectivity index is 1.67. The van der Waals surface area contributed by atoms with Crippen LogP contribution in [-0.2, 0) is 17.9 Å². The van der Waals surface area contributed by atoms with Crippen molar-refractivity contribution < 1.29 is 9.90 Å². The minimum absolute atomic E-state index is 0.246. The predicted molar refractivity (Wildman–Crippen MR) is 105 cm³/mol. The highest BCUT2D eigenvalue weighted by Gasteiger charge is 2.29. The Hall–Kier alpha value is -2.33. The van der Waals surface area contributed by atoms with Crippen molar-refractivity contribution in [2.45, 2.75) is 33.4 Å². The first-order valence-corrected chi connectivity index (χ1v) is 9.51. The summed E-state index contributed by atoms with van der Waals surface area (Å²) >= 11 is 0. The predicted octanol–water partition coefficient (Wildman–Crippen LogP) is 4.36. The molecule has 2 unspecified atom stereocenters. The van der Waals surface area contributed by atoms with Gasteiger partial charge in [0.15, 0.2) is 0 Å². The second kappa shape index (κ2) is 6.76. The van der Waals surface area contributed by atoms with Gasteiger partial charge in [0.2, 0.25) is 0 Å². The molecule has 1 fully saturated rings. The molecule has 0 saturated carbocycles. The van der Waals surface area contributed by atoms with E-state index in [4.69, 9.17) is 0 Å². The molecule has 0 bridgehead atoms. The van der Waals surface area contributed by atoms with Gasteiger partial charge >= 0.3 is 5.97 Å². The topological polar surface area (TPSA) is 45.5 Å². The number of aliphatic carboxylic acids is 1. The van der Waals surface area contributed by atoms with Crippen molar-refractivity contribution in [3.8, 4) is 0 Å². The number of rotatable bonds is 4. The van der Waals surface area contributed by atoms with E-state index in [1.807, 2.05) is 0 Å². The fraction of sp³-hybridized carbons (Fsp3) is 0.409. The molecule has 0 spiro atoms. The summed E-state index contributed by atoms with van der Waals surface area (Å²) in [5.41, 5.74) is 3.81. The zero-order chi connectivity index (χ0) is 18.3. The number of fused-ring (bicyclic) bond motifs is 3. The van der Waals surface area contributed by atoms with Crippen LogP contribution in [0.15, 0.2) is 42.5 Å². The molecule has 136 valence electrons. The fourth-order valence-corrected chi connectivity index (χ4v) is 4.57. The first-order chi connectivity index (χ1) is 12.6. The largest absolute Gasteiger partial charge is 0.481 e. The summed E-state index contributed by atoms with van der Waals surface area (Å²) in [4.78, 5) is 13.7. The van der Waals surface area contributed by atoms with Crippen molar-refractivity contribution >= 4 is 27.8 Å². The first-order valence-electron chi connectivity index (χ1n) is 9.51.